The van der Waals surface area contributed by atoms with Gasteiger partial charge in [0.15, 0.2) is 0 Å². The molecule has 1 rings (SSSR count). The van der Waals surface area contributed by atoms with E-state index in [1.165, 1.54) is 12.8 Å². The number of carboxylic acids is 1. The molecule has 0 radical (unpaired) electrons. The molecule has 2 amide bonds. The summed E-state index contributed by atoms with van der Waals surface area (Å²) in [6.07, 6.45) is 7.01. The average molecular weight is 270 g/mol. The number of carboxylic acid groups (broad SMARTS) is 1. The van der Waals surface area contributed by atoms with Crippen LogP contribution in [0.25, 0.3) is 0 Å². The van der Waals surface area contributed by atoms with Crippen LogP contribution in [-0.2, 0) is 4.79 Å². The number of nitrogens with one attached hydrogen (secondary N) is 2. The van der Waals surface area contributed by atoms with E-state index in [4.69, 9.17) is 5.11 Å². The summed E-state index contributed by atoms with van der Waals surface area (Å²) < 4.78 is 0. The van der Waals surface area contributed by atoms with Gasteiger partial charge >= 0.3 is 12.0 Å². The van der Waals surface area contributed by atoms with Gasteiger partial charge in [0.05, 0.1) is 0 Å². The van der Waals surface area contributed by atoms with Gasteiger partial charge in [0, 0.05) is 6.54 Å². The highest BCUT2D eigenvalue weighted by Gasteiger charge is 2.32. The van der Waals surface area contributed by atoms with Crippen molar-refractivity contribution in [2.75, 3.05) is 6.54 Å². The molecule has 19 heavy (non-hydrogen) atoms. The van der Waals surface area contributed by atoms with Crippen LogP contribution in [0.5, 0.6) is 0 Å². The number of rotatable bonds is 7. The molecule has 0 spiro atoms. The highest BCUT2D eigenvalue weighted by molar-refractivity contribution is 5.82. The Labute approximate surface area is 115 Å². The first kappa shape index (κ1) is 15.8. The summed E-state index contributed by atoms with van der Waals surface area (Å²) in [4.78, 5) is 22.7. The lowest BCUT2D eigenvalue weighted by atomic mass is 9.83. The molecule has 1 atom stereocenters. The van der Waals surface area contributed by atoms with Gasteiger partial charge in [-0.2, -0.15) is 0 Å². The van der Waals surface area contributed by atoms with Crippen LogP contribution < -0.4 is 10.6 Å². The molecule has 110 valence electrons. The van der Waals surface area contributed by atoms with Crippen LogP contribution in [0.2, 0.25) is 0 Å². The van der Waals surface area contributed by atoms with Gasteiger partial charge in [0.2, 0.25) is 0 Å². The number of hydrogen-bond donors (Lipinski definition) is 3. The molecule has 0 heterocycles. The maximum Gasteiger partial charge on any atom is 0.326 e. The van der Waals surface area contributed by atoms with E-state index in [9.17, 15) is 9.59 Å². The largest absolute Gasteiger partial charge is 0.480 e. The van der Waals surface area contributed by atoms with Gasteiger partial charge in [-0.25, -0.2) is 9.59 Å². The maximum absolute atomic E-state index is 11.8. The Kier molecular flexibility index (Phi) is 6.12. The number of carbonyl (C=O) groups is 2. The van der Waals surface area contributed by atoms with Gasteiger partial charge in [-0.3, -0.25) is 0 Å². The zero-order valence-electron chi connectivity index (χ0n) is 12.0. The van der Waals surface area contributed by atoms with Gasteiger partial charge in [-0.05, 0) is 31.1 Å². The molecule has 0 aromatic carbocycles. The predicted molar refractivity (Wildman–Crippen MR) is 74.1 cm³/mol. The molecule has 0 aliphatic heterocycles. The Bertz CT molecular complexity index is 312. The molecule has 5 nitrogen and oxygen atoms in total. The fraction of sp³-hybridized carbons (Fsp3) is 0.857. The monoisotopic (exact) mass is 270 g/mol. The fourth-order valence-corrected chi connectivity index (χ4v) is 2.80. The Morgan fingerprint density at radius 3 is 2.37 bits per heavy atom. The molecule has 1 fully saturated rings. The number of amides is 2. The van der Waals surface area contributed by atoms with Gasteiger partial charge in [0.1, 0.15) is 6.04 Å². The highest BCUT2D eigenvalue weighted by atomic mass is 16.4. The standard InChI is InChI=1S/C14H26N2O3/c1-3-7-11(12(17)18)16-13(19)15-10-14(4-2)8-5-6-9-14/h11H,3-10H2,1-2H3,(H,17,18)(H2,15,16,19). The van der Waals surface area contributed by atoms with Crippen LogP contribution in [0, 0.1) is 5.41 Å². The van der Waals surface area contributed by atoms with Crippen molar-refractivity contribution >= 4 is 12.0 Å². The molecule has 3 N–H and O–H groups in total. The van der Waals surface area contributed by atoms with Crippen molar-refractivity contribution in [1.29, 1.82) is 0 Å². The summed E-state index contributed by atoms with van der Waals surface area (Å²) in [5.74, 6) is -0.969. The van der Waals surface area contributed by atoms with Crippen LogP contribution in [0.1, 0.15) is 58.8 Å². The molecular formula is C14H26N2O3. The molecule has 0 aromatic heterocycles. The second-order valence-corrected chi connectivity index (χ2v) is 5.57. The second kappa shape index (κ2) is 7.36. The third kappa shape index (κ3) is 4.73. The van der Waals surface area contributed by atoms with E-state index < -0.39 is 12.0 Å². The van der Waals surface area contributed by atoms with Crippen molar-refractivity contribution in [2.45, 2.75) is 64.8 Å². The average Bonchev–Trinajstić information content (AvgIpc) is 2.85. The van der Waals surface area contributed by atoms with Crippen LogP contribution in [0.4, 0.5) is 4.79 Å². The summed E-state index contributed by atoms with van der Waals surface area (Å²) in [5, 5.41) is 14.4. The normalized spacial score (nSPS) is 18.8. The summed E-state index contributed by atoms with van der Waals surface area (Å²) in [7, 11) is 0. The van der Waals surface area contributed by atoms with Crippen LogP contribution >= 0.6 is 0 Å². The molecule has 1 unspecified atom stereocenters. The number of aliphatic carboxylic acids is 1. The quantitative estimate of drug-likeness (QED) is 0.665. The topological polar surface area (TPSA) is 78.4 Å². The Morgan fingerprint density at radius 1 is 1.26 bits per heavy atom. The second-order valence-electron chi connectivity index (χ2n) is 5.57. The minimum Gasteiger partial charge on any atom is -0.480 e. The molecule has 1 aliphatic rings. The molecule has 1 aliphatic carbocycles. The summed E-state index contributed by atoms with van der Waals surface area (Å²) >= 11 is 0. The van der Waals surface area contributed by atoms with E-state index >= 15 is 0 Å². The van der Waals surface area contributed by atoms with E-state index in [0.29, 0.717) is 13.0 Å². The number of hydrogen-bond acceptors (Lipinski definition) is 2. The molecule has 0 saturated heterocycles. The van der Waals surface area contributed by atoms with Crippen molar-refractivity contribution in [2.24, 2.45) is 5.41 Å². The molecule has 1 saturated carbocycles. The summed E-state index contributed by atoms with van der Waals surface area (Å²) in [5.41, 5.74) is 0.223. The Hall–Kier alpha value is -1.26. The van der Waals surface area contributed by atoms with Crippen LogP contribution in [-0.4, -0.2) is 29.7 Å². The molecule has 0 aromatic rings. The van der Waals surface area contributed by atoms with Crippen molar-refractivity contribution in [3.05, 3.63) is 0 Å². The summed E-state index contributed by atoms with van der Waals surface area (Å²) in [6, 6.07) is -1.15. The minimum atomic E-state index is -0.969. The summed E-state index contributed by atoms with van der Waals surface area (Å²) in [6.45, 7) is 4.70. The zero-order chi connectivity index (χ0) is 14.3. The molecular weight excluding hydrogens is 244 g/mol. The van der Waals surface area contributed by atoms with E-state index in [1.807, 2.05) is 6.92 Å². The van der Waals surface area contributed by atoms with Crippen molar-refractivity contribution in [1.82, 2.24) is 10.6 Å². The van der Waals surface area contributed by atoms with Crippen molar-refractivity contribution < 1.29 is 14.7 Å². The van der Waals surface area contributed by atoms with E-state index in [-0.39, 0.29) is 11.4 Å². The van der Waals surface area contributed by atoms with Gasteiger partial charge in [-0.15, -0.1) is 0 Å². The van der Waals surface area contributed by atoms with E-state index in [2.05, 4.69) is 17.6 Å². The van der Waals surface area contributed by atoms with Crippen LogP contribution in [0.3, 0.4) is 0 Å². The smallest absolute Gasteiger partial charge is 0.326 e. The SMILES string of the molecule is CCCC(NC(=O)NCC1(CC)CCCC1)C(=O)O. The molecule has 5 heteroatoms. The number of urea groups is 1. The van der Waals surface area contributed by atoms with Crippen LogP contribution in [0.15, 0.2) is 0 Å². The van der Waals surface area contributed by atoms with Crippen molar-refractivity contribution in [3.63, 3.8) is 0 Å². The third-order valence-electron chi connectivity index (χ3n) is 4.22. The maximum atomic E-state index is 11.8. The number of carbonyl (C=O) groups excluding carboxylic acids is 1. The van der Waals surface area contributed by atoms with Gasteiger partial charge < -0.3 is 15.7 Å². The van der Waals surface area contributed by atoms with E-state index in [1.54, 1.807) is 0 Å². The molecule has 0 bridgehead atoms. The Balaban J connectivity index is 2.39. The highest BCUT2D eigenvalue weighted by Crippen LogP contribution is 2.40. The lowest BCUT2D eigenvalue weighted by molar-refractivity contribution is -0.139. The first-order chi connectivity index (χ1) is 9.03. The van der Waals surface area contributed by atoms with Gasteiger partial charge in [-0.1, -0.05) is 33.1 Å². The van der Waals surface area contributed by atoms with E-state index in [0.717, 1.165) is 25.7 Å². The zero-order valence-corrected chi connectivity index (χ0v) is 12.0. The first-order valence-electron chi connectivity index (χ1n) is 7.30. The fourth-order valence-electron chi connectivity index (χ4n) is 2.80. The lowest BCUT2D eigenvalue weighted by Gasteiger charge is -2.28. The first-order valence-corrected chi connectivity index (χ1v) is 7.30. The predicted octanol–water partition coefficient (Wildman–Crippen LogP) is 2.51. The lowest BCUT2D eigenvalue weighted by Crippen LogP contribution is -2.48. The third-order valence-corrected chi connectivity index (χ3v) is 4.22. The van der Waals surface area contributed by atoms with Gasteiger partial charge in [0.25, 0.3) is 0 Å². The minimum absolute atomic E-state index is 0.223. The van der Waals surface area contributed by atoms with Crippen molar-refractivity contribution in [3.8, 4) is 0 Å². The Morgan fingerprint density at radius 2 is 1.89 bits per heavy atom.